The standard InChI is InChI=1S/C16H10Cl2N2/c17-13-6-5-10(9-14(13)18)15-11-3-1-2-4-12(11)16-19-7-8-20(15)16/h1-9,15H/t15-/m1/s1. The average molecular weight is 301 g/mol. The summed E-state index contributed by atoms with van der Waals surface area (Å²) in [6, 6.07) is 14.2. The summed E-state index contributed by atoms with van der Waals surface area (Å²) in [6.45, 7) is 0. The van der Waals surface area contributed by atoms with Gasteiger partial charge in [-0.1, -0.05) is 53.5 Å². The molecule has 0 radical (unpaired) electrons. The first-order valence-corrected chi connectivity index (χ1v) is 7.08. The average Bonchev–Trinajstić information content (AvgIpc) is 3.02. The second-order valence-corrected chi connectivity index (χ2v) is 5.64. The van der Waals surface area contributed by atoms with Crippen LogP contribution in [-0.2, 0) is 0 Å². The first-order chi connectivity index (χ1) is 9.75. The summed E-state index contributed by atoms with van der Waals surface area (Å²) in [4.78, 5) is 4.46. The number of hydrogen-bond acceptors (Lipinski definition) is 1. The molecule has 0 amide bonds. The molecule has 4 heteroatoms. The summed E-state index contributed by atoms with van der Waals surface area (Å²) < 4.78 is 2.17. The van der Waals surface area contributed by atoms with E-state index in [2.05, 4.69) is 27.8 Å². The van der Waals surface area contributed by atoms with E-state index in [1.54, 1.807) is 0 Å². The first-order valence-electron chi connectivity index (χ1n) is 6.33. The van der Waals surface area contributed by atoms with Crippen LogP contribution in [0.15, 0.2) is 54.9 Å². The van der Waals surface area contributed by atoms with Crippen molar-refractivity contribution in [3.63, 3.8) is 0 Å². The molecule has 0 bridgehead atoms. The van der Waals surface area contributed by atoms with Crippen LogP contribution in [-0.4, -0.2) is 9.55 Å². The van der Waals surface area contributed by atoms with E-state index in [1.165, 1.54) is 11.1 Å². The summed E-state index contributed by atoms with van der Waals surface area (Å²) in [5.74, 6) is 0.997. The molecule has 1 atom stereocenters. The number of nitrogens with zero attached hydrogens (tertiary/aromatic N) is 2. The Hall–Kier alpha value is -1.77. The van der Waals surface area contributed by atoms with Crippen LogP contribution < -0.4 is 0 Å². The number of hydrogen-bond donors (Lipinski definition) is 0. The van der Waals surface area contributed by atoms with Crippen molar-refractivity contribution >= 4 is 23.2 Å². The number of benzene rings is 2. The van der Waals surface area contributed by atoms with Gasteiger partial charge in [-0.25, -0.2) is 4.98 Å². The van der Waals surface area contributed by atoms with E-state index in [1.807, 2.05) is 36.7 Å². The van der Waals surface area contributed by atoms with Gasteiger partial charge in [0.25, 0.3) is 0 Å². The molecule has 0 N–H and O–H groups in total. The fourth-order valence-corrected chi connectivity index (χ4v) is 3.15. The van der Waals surface area contributed by atoms with E-state index in [0.717, 1.165) is 11.4 Å². The molecule has 0 aliphatic carbocycles. The first kappa shape index (κ1) is 12.0. The van der Waals surface area contributed by atoms with Crippen molar-refractivity contribution in [1.29, 1.82) is 0 Å². The number of imidazole rings is 1. The van der Waals surface area contributed by atoms with Crippen molar-refractivity contribution in [2.45, 2.75) is 6.04 Å². The molecule has 0 saturated carbocycles. The van der Waals surface area contributed by atoms with Gasteiger partial charge in [0.2, 0.25) is 0 Å². The number of rotatable bonds is 1. The zero-order valence-corrected chi connectivity index (χ0v) is 11.9. The van der Waals surface area contributed by atoms with Gasteiger partial charge in [0.1, 0.15) is 5.82 Å². The highest BCUT2D eigenvalue weighted by atomic mass is 35.5. The fraction of sp³-hybridized carbons (Fsp3) is 0.0625. The molecule has 0 unspecified atom stereocenters. The Morgan fingerprint density at radius 3 is 2.70 bits per heavy atom. The molecule has 3 aromatic rings. The smallest absolute Gasteiger partial charge is 0.141 e. The van der Waals surface area contributed by atoms with Gasteiger partial charge >= 0.3 is 0 Å². The number of aromatic nitrogens is 2. The molecule has 2 heterocycles. The largest absolute Gasteiger partial charge is 0.319 e. The second-order valence-electron chi connectivity index (χ2n) is 4.82. The highest BCUT2D eigenvalue weighted by molar-refractivity contribution is 6.42. The lowest BCUT2D eigenvalue weighted by Crippen LogP contribution is -2.06. The van der Waals surface area contributed by atoms with Gasteiger partial charge in [0.15, 0.2) is 0 Å². The Kier molecular flexibility index (Phi) is 2.62. The Morgan fingerprint density at radius 2 is 1.85 bits per heavy atom. The fourth-order valence-electron chi connectivity index (χ4n) is 2.84. The summed E-state index contributed by atoms with van der Waals surface area (Å²) >= 11 is 12.2. The van der Waals surface area contributed by atoms with Crippen LogP contribution in [0.25, 0.3) is 11.4 Å². The maximum atomic E-state index is 6.16. The van der Waals surface area contributed by atoms with E-state index >= 15 is 0 Å². The predicted molar refractivity (Wildman–Crippen MR) is 81.4 cm³/mol. The number of halogens is 2. The molecule has 98 valence electrons. The van der Waals surface area contributed by atoms with Crippen LogP contribution in [0.2, 0.25) is 10.0 Å². The minimum absolute atomic E-state index is 0.110. The topological polar surface area (TPSA) is 17.8 Å². The maximum absolute atomic E-state index is 6.16. The zero-order chi connectivity index (χ0) is 13.7. The summed E-state index contributed by atoms with van der Waals surface area (Å²) in [6.07, 6.45) is 3.83. The van der Waals surface area contributed by atoms with Crippen LogP contribution in [0, 0.1) is 0 Å². The van der Waals surface area contributed by atoms with Crippen molar-refractivity contribution in [2.75, 3.05) is 0 Å². The van der Waals surface area contributed by atoms with E-state index in [4.69, 9.17) is 23.2 Å². The molecule has 0 fully saturated rings. The van der Waals surface area contributed by atoms with Crippen LogP contribution in [0.1, 0.15) is 17.2 Å². The minimum atomic E-state index is 0.110. The zero-order valence-electron chi connectivity index (χ0n) is 10.4. The monoisotopic (exact) mass is 300 g/mol. The van der Waals surface area contributed by atoms with Gasteiger partial charge in [-0.05, 0) is 23.3 Å². The lowest BCUT2D eigenvalue weighted by Gasteiger charge is -2.16. The van der Waals surface area contributed by atoms with Crippen LogP contribution in [0.3, 0.4) is 0 Å². The van der Waals surface area contributed by atoms with Gasteiger partial charge in [0, 0.05) is 18.0 Å². The Morgan fingerprint density at radius 1 is 1.00 bits per heavy atom. The molecular formula is C16H10Cl2N2. The Bertz CT molecular complexity index is 808. The van der Waals surface area contributed by atoms with Crippen molar-refractivity contribution in [3.05, 3.63) is 76.0 Å². The normalized spacial score (nSPS) is 16.0. The molecule has 4 rings (SSSR count). The quantitative estimate of drug-likeness (QED) is 0.493. The van der Waals surface area contributed by atoms with Gasteiger partial charge in [-0.2, -0.15) is 0 Å². The molecule has 1 aliphatic heterocycles. The molecule has 0 spiro atoms. The predicted octanol–water partition coefficient (Wildman–Crippen LogP) is 4.81. The maximum Gasteiger partial charge on any atom is 0.141 e. The van der Waals surface area contributed by atoms with Gasteiger partial charge in [-0.15, -0.1) is 0 Å². The van der Waals surface area contributed by atoms with Crippen LogP contribution >= 0.6 is 23.2 Å². The molecule has 0 saturated heterocycles. The van der Waals surface area contributed by atoms with E-state index < -0.39 is 0 Å². The van der Waals surface area contributed by atoms with Crippen molar-refractivity contribution < 1.29 is 0 Å². The molecule has 1 aliphatic rings. The van der Waals surface area contributed by atoms with E-state index in [9.17, 15) is 0 Å². The molecule has 2 aromatic carbocycles. The third-order valence-corrected chi connectivity index (χ3v) is 4.44. The van der Waals surface area contributed by atoms with E-state index in [-0.39, 0.29) is 6.04 Å². The number of fused-ring (bicyclic) bond motifs is 3. The third kappa shape index (κ3) is 1.62. The summed E-state index contributed by atoms with van der Waals surface area (Å²) in [7, 11) is 0. The summed E-state index contributed by atoms with van der Waals surface area (Å²) in [5.41, 5.74) is 3.53. The Labute approximate surface area is 126 Å². The van der Waals surface area contributed by atoms with E-state index in [0.29, 0.717) is 10.0 Å². The molecule has 1 aromatic heterocycles. The molecule has 20 heavy (non-hydrogen) atoms. The minimum Gasteiger partial charge on any atom is -0.319 e. The van der Waals surface area contributed by atoms with Gasteiger partial charge < -0.3 is 4.57 Å². The van der Waals surface area contributed by atoms with Crippen molar-refractivity contribution in [3.8, 4) is 11.4 Å². The Balaban J connectivity index is 1.96. The van der Waals surface area contributed by atoms with Crippen LogP contribution in [0.4, 0.5) is 0 Å². The molecule has 2 nitrogen and oxygen atoms in total. The SMILES string of the molecule is Clc1ccc([C@@H]2c3ccccc3-c3nccn32)cc1Cl. The van der Waals surface area contributed by atoms with Crippen molar-refractivity contribution in [2.24, 2.45) is 0 Å². The van der Waals surface area contributed by atoms with Gasteiger partial charge in [0.05, 0.1) is 16.1 Å². The lowest BCUT2D eigenvalue weighted by atomic mass is 9.97. The highest BCUT2D eigenvalue weighted by Crippen LogP contribution is 2.42. The highest BCUT2D eigenvalue weighted by Gasteiger charge is 2.29. The molecular weight excluding hydrogens is 291 g/mol. The lowest BCUT2D eigenvalue weighted by molar-refractivity contribution is 0.716. The van der Waals surface area contributed by atoms with Crippen molar-refractivity contribution in [1.82, 2.24) is 9.55 Å². The van der Waals surface area contributed by atoms with Crippen LogP contribution in [0.5, 0.6) is 0 Å². The second kappa shape index (κ2) is 4.37. The third-order valence-electron chi connectivity index (χ3n) is 3.70. The van der Waals surface area contributed by atoms with Gasteiger partial charge in [-0.3, -0.25) is 0 Å². The summed E-state index contributed by atoms with van der Waals surface area (Å²) in [5, 5.41) is 1.16.